The van der Waals surface area contributed by atoms with Crippen LogP contribution in [0.3, 0.4) is 0 Å². The number of aryl methyl sites for hydroxylation is 3. The Bertz CT molecular complexity index is 1190. The van der Waals surface area contributed by atoms with E-state index in [2.05, 4.69) is 0 Å². The summed E-state index contributed by atoms with van der Waals surface area (Å²) < 4.78 is 32.7. The van der Waals surface area contributed by atoms with Gasteiger partial charge in [0.25, 0.3) is 10.0 Å². The predicted molar refractivity (Wildman–Crippen MR) is 101 cm³/mol. The minimum Gasteiger partial charge on any atom is -0.414 e. The number of amides is 1. The molecule has 0 bridgehead atoms. The molecule has 0 saturated carbocycles. The Morgan fingerprint density at radius 2 is 1.69 bits per heavy atom. The van der Waals surface area contributed by atoms with E-state index in [9.17, 15) is 18.0 Å². The highest BCUT2D eigenvalue weighted by Gasteiger charge is 2.30. The molecule has 136 valence electrons. The molecule has 2 aromatic carbocycles. The molecular formula is C18H17NO5S2. The highest BCUT2D eigenvalue weighted by Crippen LogP contribution is 2.30. The third-order valence-corrected chi connectivity index (χ3v) is 6.88. The average molecular weight is 391 g/mol. The van der Waals surface area contributed by atoms with Crippen molar-refractivity contribution in [1.29, 1.82) is 0 Å². The van der Waals surface area contributed by atoms with Gasteiger partial charge in [0.1, 0.15) is 5.58 Å². The van der Waals surface area contributed by atoms with E-state index in [1.165, 1.54) is 25.1 Å². The number of benzene rings is 2. The molecule has 0 N–H and O–H groups in total. The number of carbonyl (C=O) groups is 1. The van der Waals surface area contributed by atoms with Crippen molar-refractivity contribution in [3.05, 3.63) is 56.8 Å². The molecule has 6 nitrogen and oxygen atoms in total. The number of fused-ring (bicyclic) bond motifs is 1. The summed E-state index contributed by atoms with van der Waals surface area (Å²) in [4.78, 5) is 23.2. The van der Waals surface area contributed by atoms with Crippen LogP contribution in [-0.4, -0.2) is 14.3 Å². The Balaban J connectivity index is 2.22. The second-order valence-corrected chi connectivity index (χ2v) is 8.81. The van der Waals surface area contributed by atoms with Gasteiger partial charge in [-0.2, -0.15) is 0 Å². The largest absolute Gasteiger partial charge is 0.414 e. The highest BCUT2D eigenvalue weighted by molar-refractivity contribution is 7.93. The van der Waals surface area contributed by atoms with Crippen LogP contribution in [0.1, 0.15) is 23.6 Å². The molecule has 0 aliphatic rings. The van der Waals surface area contributed by atoms with Crippen molar-refractivity contribution in [2.45, 2.75) is 32.6 Å². The fourth-order valence-corrected chi connectivity index (χ4v) is 5.21. The second kappa shape index (κ2) is 6.37. The van der Waals surface area contributed by atoms with Crippen LogP contribution in [0.2, 0.25) is 0 Å². The van der Waals surface area contributed by atoms with E-state index in [1.54, 1.807) is 19.1 Å². The molecule has 1 heterocycles. The maximum Gasteiger partial charge on any atom is 0.396 e. The van der Waals surface area contributed by atoms with Crippen molar-refractivity contribution < 1.29 is 17.6 Å². The topological polar surface area (TPSA) is 84.7 Å². The van der Waals surface area contributed by atoms with Gasteiger partial charge in [-0.05, 0) is 61.7 Å². The van der Waals surface area contributed by atoms with Crippen molar-refractivity contribution in [3.63, 3.8) is 0 Å². The lowest BCUT2D eigenvalue weighted by Gasteiger charge is -2.22. The van der Waals surface area contributed by atoms with E-state index < -0.39 is 20.9 Å². The lowest BCUT2D eigenvalue weighted by Crippen LogP contribution is -2.35. The summed E-state index contributed by atoms with van der Waals surface area (Å²) in [6.45, 7) is 6.61. The van der Waals surface area contributed by atoms with Crippen LogP contribution < -0.4 is 9.24 Å². The van der Waals surface area contributed by atoms with Gasteiger partial charge in [0.05, 0.1) is 15.3 Å². The third kappa shape index (κ3) is 3.06. The molecule has 8 heteroatoms. The SMILES string of the molecule is CC(=O)N(c1ccc2oc(=O)sc2c1)S(=O)(=O)c1cc(C)c(C)cc1C. The number of carbonyl (C=O) groups excluding carboxylic acids is 1. The van der Waals surface area contributed by atoms with Gasteiger partial charge in [0.2, 0.25) is 5.91 Å². The summed E-state index contributed by atoms with van der Waals surface area (Å²) >= 11 is 0.854. The lowest BCUT2D eigenvalue weighted by atomic mass is 10.1. The maximum atomic E-state index is 13.2. The molecule has 3 rings (SSSR count). The van der Waals surface area contributed by atoms with Crippen LogP contribution in [0, 0.1) is 20.8 Å². The number of hydrogen-bond donors (Lipinski definition) is 0. The van der Waals surface area contributed by atoms with Gasteiger partial charge in [0, 0.05) is 6.92 Å². The zero-order valence-electron chi connectivity index (χ0n) is 14.7. The molecule has 0 fully saturated rings. The first-order chi connectivity index (χ1) is 12.1. The first kappa shape index (κ1) is 18.3. The zero-order valence-corrected chi connectivity index (χ0v) is 16.3. The summed E-state index contributed by atoms with van der Waals surface area (Å²) in [5, 5.41) is 0. The number of rotatable bonds is 3. The van der Waals surface area contributed by atoms with Gasteiger partial charge in [-0.15, -0.1) is 0 Å². The Morgan fingerprint density at radius 3 is 2.35 bits per heavy atom. The highest BCUT2D eigenvalue weighted by atomic mass is 32.2. The lowest BCUT2D eigenvalue weighted by molar-refractivity contribution is -0.115. The normalized spacial score (nSPS) is 11.7. The molecular weight excluding hydrogens is 374 g/mol. The summed E-state index contributed by atoms with van der Waals surface area (Å²) in [6.07, 6.45) is 0. The number of nitrogens with zero attached hydrogens (tertiary/aromatic N) is 1. The first-order valence-corrected chi connectivity index (χ1v) is 10.0. The summed E-state index contributed by atoms with van der Waals surface area (Å²) in [5.74, 6) is -0.641. The van der Waals surface area contributed by atoms with Gasteiger partial charge in [-0.3, -0.25) is 4.79 Å². The molecule has 26 heavy (non-hydrogen) atoms. The van der Waals surface area contributed by atoms with Gasteiger partial charge in [-0.1, -0.05) is 17.4 Å². The van der Waals surface area contributed by atoms with E-state index in [4.69, 9.17) is 4.42 Å². The number of anilines is 1. The quantitative estimate of drug-likeness (QED) is 0.682. The van der Waals surface area contributed by atoms with E-state index >= 15 is 0 Å². The van der Waals surface area contributed by atoms with Crippen LogP contribution in [0.4, 0.5) is 5.69 Å². The van der Waals surface area contributed by atoms with Gasteiger partial charge in [-0.25, -0.2) is 17.5 Å². The number of hydrogen-bond acceptors (Lipinski definition) is 6. The second-order valence-electron chi connectivity index (χ2n) is 6.08. The Hall–Kier alpha value is -2.45. The van der Waals surface area contributed by atoms with Crippen LogP contribution >= 0.6 is 11.3 Å². The van der Waals surface area contributed by atoms with E-state index in [1.807, 2.05) is 13.8 Å². The Morgan fingerprint density at radius 1 is 1.04 bits per heavy atom. The summed E-state index contributed by atoms with van der Waals surface area (Å²) in [7, 11) is -4.11. The molecule has 0 aliphatic heterocycles. The maximum absolute atomic E-state index is 13.2. The van der Waals surface area contributed by atoms with E-state index in [0.717, 1.165) is 26.8 Å². The van der Waals surface area contributed by atoms with Gasteiger partial charge >= 0.3 is 4.94 Å². The van der Waals surface area contributed by atoms with Crippen molar-refractivity contribution in [2.24, 2.45) is 0 Å². The van der Waals surface area contributed by atoms with Crippen molar-refractivity contribution in [2.75, 3.05) is 4.31 Å². The van der Waals surface area contributed by atoms with Crippen LogP contribution in [0.15, 0.2) is 44.4 Å². The van der Waals surface area contributed by atoms with Crippen LogP contribution in [0.5, 0.6) is 0 Å². The molecule has 1 amide bonds. The Labute approximate surface area is 154 Å². The molecule has 0 atom stereocenters. The first-order valence-electron chi connectivity index (χ1n) is 7.78. The van der Waals surface area contributed by atoms with E-state index in [0.29, 0.717) is 15.8 Å². The molecule has 0 spiro atoms. The summed E-state index contributed by atoms with van der Waals surface area (Å²) in [5.41, 5.74) is 2.88. The van der Waals surface area contributed by atoms with Crippen LogP contribution in [0.25, 0.3) is 10.3 Å². The van der Waals surface area contributed by atoms with Gasteiger partial charge in [0.15, 0.2) is 0 Å². The summed E-state index contributed by atoms with van der Waals surface area (Å²) in [6, 6.07) is 7.77. The average Bonchev–Trinajstić information content (AvgIpc) is 2.89. The standard InChI is InChI=1S/C18H17NO5S2/c1-10-7-12(3)17(8-11(10)2)26(22,23)19(13(4)20)14-5-6-15-16(9-14)25-18(21)24-15/h5-9H,1-4H3. The molecule has 0 aliphatic carbocycles. The van der Waals surface area contributed by atoms with Crippen LogP contribution in [-0.2, 0) is 14.8 Å². The molecule has 0 unspecified atom stereocenters. The van der Waals surface area contributed by atoms with E-state index in [-0.39, 0.29) is 10.6 Å². The predicted octanol–water partition coefficient (Wildman–Crippen LogP) is 3.52. The third-order valence-electron chi connectivity index (χ3n) is 4.14. The molecule has 1 aromatic heterocycles. The molecule has 0 radical (unpaired) electrons. The Kier molecular flexibility index (Phi) is 4.49. The van der Waals surface area contributed by atoms with Crippen molar-refractivity contribution in [1.82, 2.24) is 0 Å². The van der Waals surface area contributed by atoms with Gasteiger partial charge < -0.3 is 4.42 Å². The number of sulfonamides is 1. The smallest absolute Gasteiger partial charge is 0.396 e. The van der Waals surface area contributed by atoms with Crippen molar-refractivity contribution >= 4 is 43.2 Å². The fraction of sp³-hybridized carbons (Fsp3) is 0.222. The minimum atomic E-state index is -4.11. The minimum absolute atomic E-state index is 0.0799. The zero-order chi connectivity index (χ0) is 19.2. The monoisotopic (exact) mass is 391 g/mol. The molecule has 3 aromatic rings. The molecule has 0 saturated heterocycles. The van der Waals surface area contributed by atoms with Crippen molar-refractivity contribution in [3.8, 4) is 0 Å². The fourth-order valence-electron chi connectivity index (χ4n) is 2.79.